The molecule has 1 aromatic carbocycles. The maximum atomic E-state index is 14.1. The third-order valence-electron chi connectivity index (χ3n) is 3.19. The van der Waals surface area contributed by atoms with Gasteiger partial charge in [0.2, 0.25) is 11.7 Å². The van der Waals surface area contributed by atoms with Gasteiger partial charge in [-0.1, -0.05) is 11.8 Å². The largest absolute Gasteiger partial charge is 0.611 e. The molecule has 1 aliphatic heterocycles. The fourth-order valence-electron chi connectivity index (χ4n) is 2.12. The SMILES string of the molecule is Cc1cc(F)c(/N=C2/SCC(=O)N2CC(F)(F)F)cc1[S+]([O-])CC(F)(F)F. The van der Waals surface area contributed by atoms with E-state index >= 15 is 0 Å². The van der Waals surface area contributed by atoms with E-state index < -0.39 is 58.4 Å². The van der Waals surface area contributed by atoms with Crippen LogP contribution in [0.2, 0.25) is 0 Å². The molecule has 1 atom stereocenters. The lowest BCUT2D eigenvalue weighted by Gasteiger charge is -2.18. The van der Waals surface area contributed by atoms with E-state index in [0.29, 0.717) is 16.7 Å². The second kappa shape index (κ2) is 7.87. The molecule has 0 aliphatic carbocycles. The molecule has 1 saturated heterocycles. The summed E-state index contributed by atoms with van der Waals surface area (Å²) < 4.78 is 101. The highest BCUT2D eigenvalue weighted by Gasteiger charge is 2.39. The summed E-state index contributed by atoms with van der Waals surface area (Å²) in [5.74, 6) is -3.91. The van der Waals surface area contributed by atoms with Crippen LogP contribution in [0.3, 0.4) is 0 Å². The zero-order valence-corrected chi connectivity index (χ0v) is 15.1. The highest BCUT2D eigenvalue weighted by Crippen LogP contribution is 2.32. The van der Waals surface area contributed by atoms with E-state index in [1.54, 1.807) is 0 Å². The summed E-state index contributed by atoms with van der Waals surface area (Å²) >= 11 is -1.91. The number of nitrogens with zero attached hydrogens (tertiary/aromatic N) is 2. The Morgan fingerprint density at radius 2 is 1.85 bits per heavy atom. The van der Waals surface area contributed by atoms with Gasteiger partial charge in [-0.15, -0.1) is 0 Å². The molecule has 1 aromatic rings. The maximum Gasteiger partial charge on any atom is 0.433 e. The molecule has 1 aliphatic rings. The van der Waals surface area contributed by atoms with Gasteiger partial charge < -0.3 is 4.55 Å². The number of halogens is 7. The first-order chi connectivity index (χ1) is 12.3. The molecule has 1 unspecified atom stereocenters. The van der Waals surface area contributed by atoms with Crippen molar-refractivity contribution in [3.05, 3.63) is 23.5 Å². The van der Waals surface area contributed by atoms with E-state index in [9.17, 15) is 40.1 Å². The molecular weight excluding hydrogens is 425 g/mol. The number of hydrogen-bond acceptors (Lipinski definition) is 4. The van der Waals surface area contributed by atoms with E-state index in [2.05, 4.69) is 4.99 Å². The zero-order chi connectivity index (χ0) is 20.6. The van der Waals surface area contributed by atoms with Crippen molar-refractivity contribution in [2.75, 3.05) is 18.1 Å². The molecular formula is C14H11F7N2O2S2. The smallest absolute Gasteiger partial charge is 0.433 e. The summed E-state index contributed by atoms with van der Waals surface area (Å²) in [5.41, 5.74) is -0.628. The van der Waals surface area contributed by atoms with Crippen molar-refractivity contribution in [3.8, 4) is 0 Å². The summed E-state index contributed by atoms with van der Waals surface area (Å²) in [6, 6.07) is 1.58. The normalized spacial score (nSPS) is 18.5. The molecule has 0 radical (unpaired) electrons. The van der Waals surface area contributed by atoms with Gasteiger partial charge in [-0.2, -0.15) is 26.3 Å². The van der Waals surface area contributed by atoms with Crippen LogP contribution in [0.15, 0.2) is 22.0 Å². The van der Waals surface area contributed by atoms with E-state index in [1.807, 2.05) is 0 Å². The quantitative estimate of drug-likeness (QED) is 0.531. The second-order valence-corrected chi connectivity index (χ2v) is 7.81. The molecule has 0 aromatic heterocycles. The summed E-state index contributed by atoms with van der Waals surface area (Å²) in [7, 11) is 0. The number of thioether (sulfide) groups is 1. The minimum atomic E-state index is -4.73. The van der Waals surface area contributed by atoms with Crippen molar-refractivity contribution in [1.82, 2.24) is 4.90 Å². The van der Waals surface area contributed by atoms with Gasteiger partial charge in [0, 0.05) is 11.6 Å². The number of amides is 1. The van der Waals surface area contributed by atoms with Crippen molar-refractivity contribution < 1.29 is 40.1 Å². The molecule has 0 saturated carbocycles. The summed E-state index contributed by atoms with van der Waals surface area (Å²) in [6.07, 6.45) is -9.44. The molecule has 1 heterocycles. The molecule has 13 heteroatoms. The fraction of sp³-hybridized carbons (Fsp3) is 0.429. The van der Waals surface area contributed by atoms with Crippen LogP contribution in [0.25, 0.3) is 0 Å². The molecule has 150 valence electrons. The molecule has 27 heavy (non-hydrogen) atoms. The van der Waals surface area contributed by atoms with Gasteiger partial charge in [0.05, 0.1) is 5.75 Å². The van der Waals surface area contributed by atoms with Crippen LogP contribution < -0.4 is 0 Å². The van der Waals surface area contributed by atoms with Crippen LogP contribution in [0.1, 0.15) is 5.56 Å². The minimum absolute atomic E-state index is 0.0265. The molecule has 1 amide bonds. The van der Waals surface area contributed by atoms with Gasteiger partial charge in [0.15, 0.2) is 10.1 Å². The summed E-state index contributed by atoms with van der Waals surface area (Å²) in [4.78, 5) is 15.2. The molecule has 1 fully saturated rings. The van der Waals surface area contributed by atoms with Crippen LogP contribution in [0.4, 0.5) is 36.4 Å². The molecule has 0 bridgehead atoms. The highest BCUT2D eigenvalue weighted by atomic mass is 32.2. The van der Waals surface area contributed by atoms with Crippen LogP contribution in [0.5, 0.6) is 0 Å². The number of amidine groups is 1. The zero-order valence-electron chi connectivity index (χ0n) is 13.4. The van der Waals surface area contributed by atoms with Crippen LogP contribution in [0, 0.1) is 12.7 Å². The average molecular weight is 436 g/mol. The van der Waals surface area contributed by atoms with Gasteiger partial charge in [0.25, 0.3) is 0 Å². The van der Waals surface area contributed by atoms with Crippen molar-refractivity contribution >= 4 is 39.7 Å². The lowest BCUT2D eigenvalue weighted by Crippen LogP contribution is -2.38. The Bertz CT molecular complexity index is 765. The Balaban J connectivity index is 2.39. The van der Waals surface area contributed by atoms with Crippen molar-refractivity contribution in [1.29, 1.82) is 0 Å². The van der Waals surface area contributed by atoms with E-state index in [0.717, 1.165) is 12.1 Å². The van der Waals surface area contributed by atoms with Crippen molar-refractivity contribution in [2.24, 2.45) is 4.99 Å². The van der Waals surface area contributed by atoms with Crippen LogP contribution in [-0.2, 0) is 16.0 Å². The molecule has 0 N–H and O–H groups in total. The summed E-state index contributed by atoms with van der Waals surface area (Å²) in [5, 5.41) is -0.437. The van der Waals surface area contributed by atoms with E-state index in [1.165, 1.54) is 6.92 Å². The topological polar surface area (TPSA) is 55.7 Å². The number of aliphatic imine (C=N–C) groups is 1. The fourth-order valence-corrected chi connectivity index (χ4v) is 4.13. The van der Waals surface area contributed by atoms with Crippen LogP contribution >= 0.6 is 11.8 Å². The summed E-state index contributed by atoms with van der Waals surface area (Å²) in [6.45, 7) is -0.384. The van der Waals surface area contributed by atoms with Gasteiger partial charge in [-0.25, -0.2) is 9.38 Å². The first-order valence-corrected chi connectivity index (χ1v) is 9.41. The Morgan fingerprint density at radius 1 is 1.22 bits per heavy atom. The third-order valence-corrected chi connectivity index (χ3v) is 5.68. The number of rotatable bonds is 4. The molecule has 0 spiro atoms. The Morgan fingerprint density at radius 3 is 2.41 bits per heavy atom. The predicted octanol–water partition coefficient (Wildman–Crippen LogP) is 3.93. The Kier molecular flexibility index (Phi) is 6.37. The van der Waals surface area contributed by atoms with Crippen molar-refractivity contribution in [3.63, 3.8) is 0 Å². The average Bonchev–Trinajstić information content (AvgIpc) is 2.79. The highest BCUT2D eigenvalue weighted by molar-refractivity contribution is 8.15. The first-order valence-electron chi connectivity index (χ1n) is 7.11. The van der Waals surface area contributed by atoms with Gasteiger partial charge in [0.1, 0.15) is 18.0 Å². The first kappa shape index (κ1) is 21.8. The van der Waals surface area contributed by atoms with Gasteiger partial charge in [-0.3, -0.25) is 9.69 Å². The van der Waals surface area contributed by atoms with Crippen molar-refractivity contribution in [2.45, 2.75) is 24.2 Å². The minimum Gasteiger partial charge on any atom is -0.611 e. The Hall–Kier alpha value is -1.47. The maximum absolute atomic E-state index is 14.1. The number of benzene rings is 1. The number of aryl methyl sites for hydroxylation is 1. The number of hydrogen-bond donors (Lipinski definition) is 0. The third kappa shape index (κ3) is 6.01. The standard InChI is InChI=1S/C14H11F7N2O2S2/c1-7-2-8(15)9(3-10(7)27(25)6-14(19,20)21)22-12-23(5-13(16,17)18)11(24)4-26-12/h2-3H,4-6H2,1H3/b22-12+. The monoisotopic (exact) mass is 436 g/mol. The lowest BCUT2D eigenvalue weighted by molar-refractivity contribution is -0.150. The van der Waals surface area contributed by atoms with Gasteiger partial charge in [-0.05, 0) is 24.2 Å². The molecule has 2 rings (SSSR count). The molecule has 4 nitrogen and oxygen atoms in total. The van der Waals surface area contributed by atoms with Crippen LogP contribution in [-0.4, -0.2) is 50.9 Å². The van der Waals surface area contributed by atoms with E-state index in [-0.39, 0.29) is 16.2 Å². The number of alkyl halides is 6. The second-order valence-electron chi connectivity index (χ2n) is 5.45. The van der Waals surface area contributed by atoms with E-state index in [4.69, 9.17) is 0 Å². The Labute approximate surface area is 156 Å². The number of carbonyl (C=O) groups excluding carboxylic acids is 1. The van der Waals surface area contributed by atoms with Gasteiger partial charge >= 0.3 is 12.4 Å². The lowest BCUT2D eigenvalue weighted by atomic mass is 10.2. The predicted molar refractivity (Wildman–Crippen MR) is 85.8 cm³/mol. The number of carbonyl (C=O) groups is 1.